The fourth-order valence-electron chi connectivity index (χ4n) is 0. The van der Waals surface area contributed by atoms with Crippen LogP contribution < -0.4 is 0 Å². The van der Waals surface area contributed by atoms with Gasteiger partial charge >= 0.3 is 11.9 Å². The minimum absolute atomic E-state index is 0.0833. The average Bonchev–Trinajstić information content (AvgIpc) is 2.31. The van der Waals surface area contributed by atoms with E-state index in [9.17, 15) is 9.59 Å². The summed E-state index contributed by atoms with van der Waals surface area (Å²) < 4.78 is 0. The summed E-state index contributed by atoms with van der Waals surface area (Å²) in [5.41, 5.74) is 0. The second-order valence-electron chi connectivity index (χ2n) is 1.66. The highest BCUT2D eigenvalue weighted by Crippen LogP contribution is 1.66. The second-order valence-corrected chi connectivity index (χ2v) is 2.29. The molecule has 0 aromatic heterocycles. The van der Waals surface area contributed by atoms with E-state index in [2.05, 4.69) is 25.3 Å². The Morgan fingerprint density at radius 3 is 1.06 bits per heavy atom. The van der Waals surface area contributed by atoms with Crippen LogP contribution in [0.2, 0.25) is 0 Å². The first-order chi connectivity index (χ1) is 7.87. The molecule has 0 saturated carbocycles. The second kappa shape index (κ2) is 29.4. The zero-order chi connectivity index (χ0) is 14.7. The number of carboxylic acids is 2. The maximum atomic E-state index is 9.29. The number of aliphatic hydroxyl groups is 2. The minimum atomic E-state index is -0.881. The third kappa shape index (κ3) is 157. The fourth-order valence-corrected chi connectivity index (χ4v) is 0. The van der Waals surface area contributed by atoms with Crippen molar-refractivity contribution in [1.29, 1.82) is 0 Å². The fraction of sp³-hybridized carbons (Fsp3) is 0.571. The van der Waals surface area contributed by atoms with Gasteiger partial charge in [-0.1, -0.05) is 0 Å². The predicted octanol–water partition coefficient (Wildman–Crippen LogP) is -1.33. The van der Waals surface area contributed by atoms with Crippen LogP contribution in [-0.2, 0) is 14.4 Å². The highest BCUT2D eigenvalue weighted by atomic mass is 32.1. The predicted molar refractivity (Wildman–Crippen MR) is 65.8 cm³/mol. The van der Waals surface area contributed by atoms with E-state index in [1.165, 1.54) is 0 Å². The first-order valence-corrected chi connectivity index (χ1v) is 5.09. The molecule has 10 heteroatoms. The van der Waals surface area contributed by atoms with Gasteiger partial charge in [-0.3, -0.25) is 14.4 Å². The van der Waals surface area contributed by atoms with Crippen molar-refractivity contribution >= 4 is 43.7 Å². The van der Waals surface area contributed by atoms with Crippen LogP contribution in [0, 0.1) is 0 Å². The van der Waals surface area contributed by atoms with Crippen LogP contribution in [0.4, 0.5) is 0 Å². The van der Waals surface area contributed by atoms with E-state index in [0.29, 0.717) is 0 Å². The van der Waals surface area contributed by atoms with Crippen molar-refractivity contribution in [1.82, 2.24) is 0 Å². The molecule has 104 valence electrons. The zero-order valence-electron chi connectivity index (χ0n) is 8.76. The molecule has 0 saturated heterocycles. The van der Waals surface area contributed by atoms with E-state index in [0.717, 1.165) is 0 Å². The number of rotatable bonds is 3. The van der Waals surface area contributed by atoms with E-state index >= 15 is 0 Å². The molecule has 0 unspecified atom stereocenters. The van der Waals surface area contributed by atoms with Crippen LogP contribution in [0.1, 0.15) is 0 Å². The third-order valence-electron chi connectivity index (χ3n) is 0.371. The van der Waals surface area contributed by atoms with Gasteiger partial charge in [-0.05, 0) is 0 Å². The van der Waals surface area contributed by atoms with E-state index in [4.69, 9.17) is 30.3 Å². The van der Waals surface area contributed by atoms with Gasteiger partial charge in [-0.15, -0.1) is 0 Å². The van der Waals surface area contributed by atoms with Crippen molar-refractivity contribution in [3.05, 3.63) is 0 Å². The molecule has 0 fully saturated rings. The molecule has 17 heavy (non-hydrogen) atoms. The maximum absolute atomic E-state index is 9.29. The van der Waals surface area contributed by atoms with Gasteiger partial charge in [0, 0.05) is 0 Å². The lowest BCUT2D eigenvalue weighted by Gasteiger charge is -1.71. The van der Waals surface area contributed by atoms with E-state index in [1.54, 1.807) is 0 Å². The zero-order valence-corrected chi connectivity index (χ0v) is 10.5. The van der Waals surface area contributed by atoms with Crippen LogP contribution in [0.25, 0.3) is 0 Å². The van der Waals surface area contributed by atoms with E-state index in [-0.39, 0.29) is 31.2 Å². The summed E-state index contributed by atoms with van der Waals surface area (Å²) in [5, 5.41) is 37.4. The van der Waals surface area contributed by atoms with Crippen LogP contribution in [-0.4, -0.2) is 68.7 Å². The maximum Gasteiger partial charge on any atom is 0.313 e. The summed E-state index contributed by atoms with van der Waals surface area (Å²) in [6, 6.07) is 0. The summed E-state index contributed by atoms with van der Waals surface area (Å²) in [6.45, 7) is -0.500. The molecule has 0 radical (unpaired) electrons. The minimum Gasteiger partial charge on any atom is -0.483 e. The van der Waals surface area contributed by atoms with E-state index in [1.807, 2.05) is 0 Å². The molecule has 0 amide bonds. The smallest absolute Gasteiger partial charge is 0.313 e. The average molecular weight is 292 g/mol. The van der Waals surface area contributed by atoms with Crippen LogP contribution >= 0.6 is 25.3 Å². The van der Waals surface area contributed by atoms with Gasteiger partial charge in [-0.2, -0.15) is 25.3 Å². The van der Waals surface area contributed by atoms with Gasteiger partial charge in [0.25, 0.3) is 6.47 Å². The SMILES string of the molecule is O=C(O)CS.O=C(O)CS.O=CO.OCCO. The molecule has 0 atom stereocenters. The van der Waals surface area contributed by atoms with Gasteiger partial charge in [-0.25, -0.2) is 0 Å². The van der Waals surface area contributed by atoms with Crippen molar-refractivity contribution in [3.63, 3.8) is 0 Å². The summed E-state index contributed by atoms with van der Waals surface area (Å²) >= 11 is 6.83. The van der Waals surface area contributed by atoms with Gasteiger partial charge < -0.3 is 25.5 Å². The highest BCUT2D eigenvalue weighted by Gasteiger charge is 1.82. The van der Waals surface area contributed by atoms with Crippen LogP contribution in [0.5, 0.6) is 0 Å². The molecule has 8 nitrogen and oxygen atoms in total. The number of carboxylic acid groups (broad SMARTS) is 3. The largest absolute Gasteiger partial charge is 0.483 e. The summed E-state index contributed by atoms with van der Waals surface area (Å²) in [7, 11) is 0. The van der Waals surface area contributed by atoms with Gasteiger partial charge in [0.2, 0.25) is 0 Å². The lowest BCUT2D eigenvalue weighted by Crippen LogP contribution is -1.92. The first-order valence-electron chi connectivity index (χ1n) is 3.82. The summed E-state index contributed by atoms with van der Waals surface area (Å²) in [6.07, 6.45) is 0. The Hall–Kier alpha value is -0.970. The van der Waals surface area contributed by atoms with Crippen molar-refractivity contribution in [2.45, 2.75) is 0 Å². The van der Waals surface area contributed by atoms with Crippen LogP contribution in [0.3, 0.4) is 0 Å². The Balaban J connectivity index is -0.0000000676. The van der Waals surface area contributed by atoms with Crippen molar-refractivity contribution in [2.24, 2.45) is 0 Å². The number of hydrogen-bond donors (Lipinski definition) is 7. The topological polar surface area (TPSA) is 152 Å². The third-order valence-corrected chi connectivity index (χ3v) is 0.912. The Morgan fingerprint density at radius 2 is 1.06 bits per heavy atom. The standard InChI is InChI=1S/2C2H4O2S.C2H6O2.CH2O2/c2*3-2(4)1-5;3-1-2-4;2-1-3/h2*5H,1H2,(H,3,4);3-4H,1-2H2;1H,(H,2,3). The molecular formula is C7H16O8S2. The van der Waals surface area contributed by atoms with Crippen LogP contribution in [0.15, 0.2) is 0 Å². The monoisotopic (exact) mass is 292 g/mol. The van der Waals surface area contributed by atoms with Crippen molar-refractivity contribution in [2.75, 3.05) is 24.7 Å². The van der Waals surface area contributed by atoms with Gasteiger partial charge in [0.15, 0.2) is 0 Å². The molecule has 0 aromatic carbocycles. The van der Waals surface area contributed by atoms with Gasteiger partial charge in [0.1, 0.15) is 0 Å². The molecular weight excluding hydrogens is 276 g/mol. The van der Waals surface area contributed by atoms with E-state index < -0.39 is 11.9 Å². The van der Waals surface area contributed by atoms with Crippen molar-refractivity contribution < 1.29 is 39.9 Å². The quantitative estimate of drug-likeness (QED) is 0.249. The Kier molecular flexibility index (Phi) is 43.3. The molecule has 5 N–H and O–H groups in total. The number of carbonyl (C=O) groups is 3. The molecule has 0 bridgehead atoms. The number of aliphatic carboxylic acids is 2. The Labute approximate surface area is 109 Å². The number of thiol groups is 2. The summed E-state index contributed by atoms with van der Waals surface area (Å²) in [5.74, 6) is -1.93. The first kappa shape index (κ1) is 25.0. The Morgan fingerprint density at radius 1 is 0.941 bits per heavy atom. The number of aliphatic hydroxyl groups excluding tert-OH is 2. The molecule has 0 rings (SSSR count). The molecule has 0 heterocycles. The molecule has 0 aliphatic rings. The highest BCUT2D eigenvalue weighted by molar-refractivity contribution is 7.81. The molecule has 0 spiro atoms. The summed E-state index contributed by atoms with van der Waals surface area (Å²) in [4.78, 5) is 26.9. The molecule has 0 aliphatic carbocycles. The normalized spacial score (nSPS) is 6.82. The molecule has 0 aromatic rings. The lowest BCUT2D eigenvalue weighted by atomic mass is 10.8. The molecule has 0 aliphatic heterocycles. The number of hydrogen-bond acceptors (Lipinski definition) is 7. The Bertz CT molecular complexity index is 159. The van der Waals surface area contributed by atoms with Crippen molar-refractivity contribution in [3.8, 4) is 0 Å². The van der Waals surface area contributed by atoms with Gasteiger partial charge in [0.05, 0.1) is 24.7 Å². The lowest BCUT2D eigenvalue weighted by molar-refractivity contribution is -0.134.